The predicted molar refractivity (Wildman–Crippen MR) is 90.6 cm³/mol. The average Bonchev–Trinajstić information content (AvgIpc) is 2.48. The monoisotopic (exact) mass is 413 g/mol. The van der Waals surface area contributed by atoms with Gasteiger partial charge in [0.25, 0.3) is 5.91 Å². The number of anilines is 1. The van der Waals surface area contributed by atoms with Crippen LogP contribution in [0.2, 0.25) is 0 Å². The molecule has 0 saturated heterocycles. The van der Waals surface area contributed by atoms with Gasteiger partial charge in [-0.15, -0.1) is 0 Å². The van der Waals surface area contributed by atoms with Crippen molar-refractivity contribution in [3.63, 3.8) is 0 Å². The molecule has 0 heterocycles. The molecular weight excluding hydrogens is 401 g/mol. The van der Waals surface area contributed by atoms with Crippen LogP contribution in [0, 0.1) is 5.82 Å². The molecule has 0 aliphatic heterocycles. The normalized spacial score (nSPS) is 10.4. The van der Waals surface area contributed by atoms with Crippen LogP contribution in [0.4, 0.5) is 10.1 Å². The number of hydrogen-bond acceptors (Lipinski definition) is 1. The molecule has 1 amide bonds. The fourth-order valence-electron chi connectivity index (χ4n) is 1.95. The number of carbonyl (C=O) groups is 1. The van der Waals surface area contributed by atoms with Gasteiger partial charge in [0, 0.05) is 11.0 Å². The largest absolute Gasteiger partial charge is 0.322 e. The number of amides is 1. The molecule has 2 aromatic rings. The maximum atomic E-state index is 13.5. The summed E-state index contributed by atoms with van der Waals surface area (Å²) in [6.07, 6.45) is 1.98. The Morgan fingerprint density at radius 3 is 2.71 bits per heavy atom. The molecule has 2 aromatic carbocycles. The van der Waals surface area contributed by atoms with E-state index in [0.717, 1.165) is 23.7 Å². The van der Waals surface area contributed by atoms with E-state index in [2.05, 4.69) is 37.2 Å². The van der Waals surface area contributed by atoms with Crippen molar-refractivity contribution in [2.24, 2.45) is 0 Å². The van der Waals surface area contributed by atoms with E-state index < -0.39 is 5.82 Å². The lowest BCUT2D eigenvalue weighted by Gasteiger charge is -2.09. The molecule has 0 aliphatic rings. The molecule has 0 atom stereocenters. The van der Waals surface area contributed by atoms with Crippen molar-refractivity contribution in [2.75, 3.05) is 10.6 Å². The molecule has 0 aromatic heterocycles. The molecule has 2 nitrogen and oxygen atoms in total. The van der Waals surface area contributed by atoms with Gasteiger partial charge in [0.05, 0.1) is 10.0 Å². The molecular formula is C16H14Br2FNO. The van der Waals surface area contributed by atoms with E-state index >= 15 is 0 Å². The molecule has 21 heavy (non-hydrogen) atoms. The molecule has 0 aliphatic carbocycles. The summed E-state index contributed by atoms with van der Waals surface area (Å²) >= 11 is 6.50. The lowest BCUT2D eigenvalue weighted by Crippen LogP contribution is -2.13. The van der Waals surface area contributed by atoms with Crippen LogP contribution in [0.1, 0.15) is 22.3 Å². The van der Waals surface area contributed by atoms with Gasteiger partial charge in [-0.1, -0.05) is 34.1 Å². The number of aryl methyl sites for hydroxylation is 1. The van der Waals surface area contributed by atoms with Gasteiger partial charge in [0.1, 0.15) is 5.82 Å². The van der Waals surface area contributed by atoms with Gasteiger partial charge in [-0.3, -0.25) is 4.79 Å². The van der Waals surface area contributed by atoms with Crippen molar-refractivity contribution in [3.05, 3.63) is 63.9 Å². The minimum atomic E-state index is -0.450. The summed E-state index contributed by atoms with van der Waals surface area (Å²) in [4.78, 5) is 12.2. The Kier molecular flexibility index (Phi) is 5.94. The van der Waals surface area contributed by atoms with E-state index in [1.807, 2.05) is 24.3 Å². The van der Waals surface area contributed by atoms with Gasteiger partial charge in [0.15, 0.2) is 0 Å². The van der Waals surface area contributed by atoms with Crippen molar-refractivity contribution < 1.29 is 9.18 Å². The summed E-state index contributed by atoms with van der Waals surface area (Å²) < 4.78 is 13.6. The third-order valence-corrected chi connectivity index (χ3v) is 4.35. The molecule has 5 heteroatoms. The highest BCUT2D eigenvalue weighted by Gasteiger charge is 2.13. The highest BCUT2D eigenvalue weighted by molar-refractivity contribution is 9.10. The van der Waals surface area contributed by atoms with Crippen LogP contribution in [0.5, 0.6) is 0 Å². The first-order valence-corrected chi connectivity index (χ1v) is 8.43. The number of halogens is 3. The van der Waals surface area contributed by atoms with Crippen LogP contribution < -0.4 is 5.32 Å². The number of carbonyl (C=O) groups excluding carboxylic acids is 1. The number of rotatable bonds is 5. The smallest absolute Gasteiger partial charge is 0.256 e. The van der Waals surface area contributed by atoms with Gasteiger partial charge in [-0.05, 0) is 58.6 Å². The third kappa shape index (κ3) is 4.38. The van der Waals surface area contributed by atoms with Crippen molar-refractivity contribution in [1.29, 1.82) is 0 Å². The van der Waals surface area contributed by atoms with E-state index in [4.69, 9.17) is 0 Å². The molecule has 0 bridgehead atoms. The molecule has 1 N–H and O–H groups in total. The SMILES string of the molecule is O=C(Nc1cccc(CCCBr)c1)c1cccc(F)c1Br. The van der Waals surface area contributed by atoms with Gasteiger partial charge in [-0.25, -0.2) is 4.39 Å². The number of benzene rings is 2. The quantitative estimate of drug-likeness (QED) is 0.672. The molecule has 110 valence electrons. The Bertz CT molecular complexity index is 646. The molecule has 0 radical (unpaired) electrons. The maximum absolute atomic E-state index is 13.5. The highest BCUT2D eigenvalue weighted by Crippen LogP contribution is 2.22. The molecule has 0 spiro atoms. The zero-order valence-corrected chi connectivity index (χ0v) is 14.4. The van der Waals surface area contributed by atoms with Crippen LogP contribution in [0.25, 0.3) is 0 Å². The second-order valence-electron chi connectivity index (χ2n) is 4.55. The first kappa shape index (κ1) is 16.2. The fraction of sp³-hybridized carbons (Fsp3) is 0.188. The van der Waals surface area contributed by atoms with Gasteiger partial charge >= 0.3 is 0 Å². The number of alkyl halides is 1. The molecule has 0 fully saturated rings. The van der Waals surface area contributed by atoms with E-state index in [9.17, 15) is 9.18 Å². The Balaban J connectivity index is 2.14. The Hall–Kier alpha value is -1.20. The third-order valence-electron chi connectivity index (χ3n) is 2.98. The van der Waals surface area contributed by atoms with Gasteiger partial charge < -0.3 is 5.32 Å². The van der Waals surface area contributed by atoms with Crippen LogP contribution in [0.3, 0.4) is 0 Å². The lowest BCUT2D eigenvalue weighted by molar-refractivity contribution is 0.102. The average molecular weight is 415 g/mol. The summed E-state index contributed by atoms with van der Waals surface area (Å²) in [5, 5.41) is 3.74. The zero-order valence-electron chi connectivity index (χ0n) is 11.2. The van der Waals surface area contributed by atoms with Crippen LogP contribution in [-0.4, -0.2) is 11.2 Å². The highest BCUT2D eigenvalue weighted by atomic mass is 79.9. The van der Waals surface area contributed by atoms with Crippen molar-refractivity contribution in [3.8, 4) is 0 Å². The van der Waals surface area contributed by atoms with Crippen LogP contribution in [0.15, 0.2) is 46.9 Å². The van der Waals surface area contributed by atoms with Crippen molar-refractivity contribution >= 4 is 43.5 Å². The second kappa shape index (κ2) is 7.71. The zero-order chi connectivity index (χ0) is 15.2. The summed E-state index contributed by atoms with van der Waals surface area (Å²) in [5.41, 5.74) is 2.15. The molecule has 2 rings (SSSR count). The minimum Gasteiger partial charge on any atom is -0.322 e. The van der Waals surface area contributed by atoms with Gasteiger partial charge in [0.2, 0.25) is 0 Å². The van der Waals surface area contributed by atoms with Gasteiger partial charge in [-0.2, -0.15) is 0 Å². The first-order chi connectivity index (χ1) is 10.1. The van der Waals surface area contributed by atoms with E-state index in [0.29, 0.717) is 5.69 Å². The summed E-state index contributed by atoms with van der Waals surface area (Å²) in [6.45, 7) is 0. The molecule has 0 saturated carbocycles. The number of hydrogen-bond donors (Lipinski definition) is 1. The van der Waals surface area contributed by atoms with Crippen LogP contribution in [-0.2, 0) is 6.42 Å². The maximum Gasteiger partial charge on any atom is 0.256 e. The van der Waals surface area contributed by atoms with Crippen LogP contribution >= 0.6 is 31.9 Å². The molecule has 0 unspecified atom stereocenters. The Morgan fingerprint density at radius 2 is 1.95 bits per heavy atom. The summed E-state index contributed by atoms with van der Waals surface area (Å²) in [7, 11) is 0. The topological polar surface area (TPSA) is 29.1 Å². The van der Waals surface area contributed by atoms with E-state index in [1.165, 1.54) is 12.1 Å². The Morgan fingerprint density at radius 1 is 1.19 bits per heavy atom. The van der Waals surface area contributed by atoms with Crippen molar-refractivity contribution in [2.45, 2.75) is 12.8 Å². The Labute approximate surface area is 140 Å². The lowest BCUT2D eigenvalue weighted by atomic mass is 10.1. The minimum absolute atomic E-state index is 0.179. The standard InChI is InChI=1S/C16H14Br2FNO/c17-9-3-5-11-4-1-6-12(10-11)20-16(21)13-7-2-8-14(19)15(13)18/h1-2,4,6-8,10H,3,5,9H2,(H,20,21). The summed E-state index contributed by atoms with van der Waals surface area (Å²) in [6, 6.07) is 12.1. The van der Waals surface area contributed by atoms with E-state index in [-0.39, 0.29) is 15.9 Å². The predicted octanol–water partition coefficient (Wildman–Crippen LogP) is 5.17. The van der Waals surface area contributed by atoms with Crippen molar-refractivity contribution in [1.82, 2.24) is 0 Å². The van der Waals surface area contributed by atoms with E-state index in [1.54, 1.807) is 6.07 Å². The first-order valence-electron chi connectivity index (χ1n) is 6.52. The fourth-order valence-corrected chi connectivity index (χ4v) is 2.68. The number of nitrogens with one attached hydrogen (secondary N) is 1. The summed E-state index contributed by atoms with van der Waals surface area (Å²) in [5.74, 6) is -0.785. The second-order valence-corrected chi connectivity index (χ2v) is 6.13.